The number of carbonyl (C=O) groups excluding carboxylic acids is 1. The van der Waals surface area contributed by atoms with Crippen LogP contribution in [0, 0.1) is 0 Å². The molecule has 0 radical (unpaired) electrons. The first-order valence-electron chi connectivity index (χ1n) is 5.28. The van der Waals surface area contributed by atoms with Gasteiger partial charge in [0.25, 0.3) is 0 Å². The first-order valence-corrected chi connectivity index (χ1v) is 5.28. The summed E-state index contributed by atoms with van der Waals surface area (Å²) in [6.45, 7) is 6.25. The summed E-state index contributed by atoms with van der Waals surface area (Å²) in [4.78, 5) is 13.2. The maximum absolute atomic E-state index is 11.1. The fraction of sp³-hybridized carbons (Fsp3) is 0.900. The van der Waals surface area contributed by atoms with Crippen LogP contribution in [0.25, 0.3) is 0 Å². The summed E-state index contributed by atoms with van der Waals surface area (Å²) in [7, 11) is 0. The molecular weight excluding hydrogens is 182 g/mol. The van der Waals surface area contributed by atoms with Gasteiger partial charge in [-0.2, -0.15) is 0 Å². The zero-order valence-electron chi connectivity index (χ0n) is 8.99. The van der Waals surface area contributed by atoms with Crippen molar-refractivity contribution in [2.45, 2.75) is 39.2 Å². The Kier molecular flexibility index (Phi) is 4.73. The normalized spacial score (nSPS) is 19.3. The molecular formula is C10H19NO3. The van der Waals surface area contributed by atoms with Crippen LogP contribution in [0.1, 0.15) is 33.1 Å². The summed E-state index contributed by atoms with van der Waals surface area (Å²) in [6.07, 6.45) is 2.61. The van der Waals surface area contributed by atoms with Gasteiger partial charge in [-0.25, -0.2) is 4.79 Å². The molecule has 4 nitrogen and oxygen atoms in total. The first kappa shape index (κ1) is 11.3. The molecule has 0 bridgehead atoms. The molecule has 0 aliphatic carbocycles. The number of hydrogen-bond donors (Lipinski definition) is 0. The van der Waals surface area contributed by atoms with E-state index >= 15 is 0 Å². The van der Waals surface area contributed by atoms with E-state index in [1.54, 1.807) is 0 Å². The lowest BCUT2D eigenvalue weighted by Crippen LogP contribution is -2.26. The van der Waals surface area contributed by atoms with Crippen LogP contribution in [0.3, 0.4) is 0 Å². The van der Waals surface area contributed by atoms with Crippen LogP contribution < -0.4 is 0 Å². The van der Waals surface area contributed by atoms with Gasteiger partial charge >= 0.3 is 6.16 Å². The van der Waals surface area contributed by atoms with E-state index in [4.69, 9.17) is 9.47 Å². The van der Waals surface area contributed by atoms with Crippen LogP contribution >= 0.6 is 0 Å². The third kappa shape index (κ3) is 3.96. The minimum Gasteiger partial charge on any atom is -0.431 e. The molecule has 1 unspecified atom stereocenters. The first-order chi connectivity index (χ1) is 6.72. The van der Waals surface area contributed by atoms with E-state index in [-0.39, 0.29) is 6.10 Å². The number of likely N-dealkylation sites (tertiary alicyclic amines) is 1. The molecule has 1 rings (SSSR count). The highest BCUT2D eigenvalue weighted by atomic mass is 16.7. The largest absolute Gasteiger partial charge is 0.509 e. The number of ether oxygens (including phenoxy) is 2. The maximum atomic E-state index is 11.1. The van der Waals surface area contributed by atoms with E-state index in [1.165, 1.54) is 12.8 Å². The molecule has 1 saturated heterocycles. The van der Waals surface area contributed by atoms with Crippen LogP contribution in [0.5, 0.6) is 0 Å². The zero-order valence-corrected chi connectivity index (χ0v) is 8.99. The Labute approximate surface area is 85.2 Å². The third-order valence-corrected chi connectivity index (χ3v) is 2.44. The van der Waals surface area contributed by atoms with Crippen LogP contribution in [0.15, 0.2) is 0 Å². The van der Waals surface area contributed by atoms with E-state index < -0.39 is 6.16 Å². The highest BCUT2D eigenvalue weighted by Gasteiger charge is 2.14. The predicted molar refractivity (Wildman–Crippen MR) is 53.0 cm³/mol. The molecule has 0 amide bonds. The minimum atomic E-state index is -0.550. The Balaban J connectivity index is 2.08. The van der Waals surface area contributed by atoms with Crippen molar-refractivity contribution in [2.75, 3.05) is 19.8 Å². The van der Waals surface area contributed by atoms with Crippen LogP contribution in [-0.2, 0) is 9.47 Å². The standard InChI is InChI=1S/C10H19NO3/c1-3-9(2)14-10(12)13-8-11-6-4-5-7-11/h9H,3-8H2,1-2H3. The summed E-state index contributed by atoms with van der Waals surface area (Å²) >= 11 is 0. The summed E-state index contributed by atoms with van der Waals surface area (Å²) in [5, 5.41) is 0. The Morgan fingerprint density at radius 1 is 1.43 bits per heavy atom. The number of rotatable bonds is 4. The monoisotopic (exact) mass is 201 g/mol. The third-order valence-electron chi connectivity index (χ3n) is 2.44. The van der Waals surface area contributed by atoms with Gasteiger partial charge in [-0.15, -0.1) is 0 Å². The highest BCUT2D eigenvalue weighted by Crippen LogP contribution is 2.07. The molecule has 1 fully saturated rings. The smallest absolute Gasteiger partial charge is 0.431 e. The Morgan fingerprint density at radius 3 is 2.64 bits per heavy atom. The SMILES string of the molecule is CCC(C)OC(=O)OCN1CCCC1. The average molecular weight is 201 g/mol. The second-order valence-electron chi connectivity index (χ2n) is 3.69. The fourth-order valence-corrected chi connectivity index (χ4v) is 1.34. The van der Waals surface area contributed by atoms with Gasteiger partial charge in [-0.1, -0.05) is 6.92 Å². The predicted octanol–water partition coefficient (Wildman–Crippen LogP) is 1.99. The molecule has 4 heteroatoms. The highest BCUT2D eigenvalue weighted by molar-refractivity contribution is 5.59. The second-order valence-corrected chi connectivity index (χ2v) is 3.69. The Morgan fingerprint density at radius 2 is 2.07 bits per heavy atom. The van der Waals surface area contributed by atoms with E-state index in [0.717, 1.165) is 19.5 Å². The number of carbonyl (C=O) groups is 1. The van der Waals surface area contributed by atoms with Crippen molar-refractivity contribution in [3.05, 3.63) is 0 Å². The zero-order chi connectivity index (χ0) is 10.4. The molecule has 0 N–H and O–H groups in total. The summed E-state index contributed by atoms with van der Waals surface area (Å²) in [5.74, 6) is 0. The van der Waals surface area contributed by atoms with Crippen molar-refractivity contribution in [3.8, 4) is 0 Å². The average Bonchev–Trinajstić information content (AvgIpc) is 2.67. The molecule has 14 heavy (non-hydrogen) atoms. The lowest BCUT2D eigenvalue weighted by atomic mass is 10.3. The summed E-state index contributed by atoms with van der Waals surface area (Å²) in [5.41, 5.74) is 0. The lowest BCUT2D eigenvalue weighted by Gasteiger charge is -2.15. The molecule has 1 aliphatic rings. The van der Waals surface area contributed by atoms with Gasteiger partial charge < -0.3 is 9.47 Å². The van der Waals surface area contributed by atoms with Crippen molar-refractivity contribution in [3.63, 3.8) is 0 Å². The van der Waals surface area contributed by atoms with Crippen LogP contribution in [-0.4, -0.2) is 37.0 Å². The van der Waals surface area contributed by atoms with Crippen molar-refractivity contribution in [2.24, 2.45) is 0 Å². The van der Waals surface area contributed by atoms with Crippen molar-refractivity contribution < 1.29 is 14.3 Å². The molecule has 0 aromatic carbocycles. The molecule has 0 aromatic rings. The van der Waals surface area contributed by atoms with E-state index in [9.17, 15) is 4.79 Å². The Hall–Kier alpha value is -0.770. The van der Waals surface area contributed by atoms with Gasteiger partial charge in [-0.05, 0) is 26.2 Å². The minimum absolute atomic E-state index is 0.0546. The molecule has 0 spiro atoms. The van der Waals surface area contributed by atoms with Gasteiger partial charge in [0.1, 0.15) is 12.8 Å². The molecule has 0 aromatic heterocycles. The number of nitrogens with zero attached hydrogens (tertiary/aromatic N) is 1. The molecule has 1 aliphatic heterocycles. The molecule has 82 valence electrons. The van der Waals surface area contributed by atoms with E-state index in [0.29, 0.717) is 6.73 Å². The Bertz CT molecular complexity index is 178. The maximum Gasteiger partial charge on any atom is 0.509 e. The van der Waals surface area contributed by atoms with Crippen LogP contribution in [0.4, 0.5) is 4.79 Å². The second kappa shape index (κ2) is 5.86. The van der Waals surface area contributed by atoms with E-state index in [2.05, 4.69) is 4.90 Å². The number of hydrogen-bond acceptors (Lipinski definition) is 4. The molecule has 0 saturated carbocycles. The fourth-order valence-electron chi connectivity index (χ4n) is 1.34. The van der Waals surface area contributed by atoms with Crippen molar-refractivity contribution in [1.29, 1.82) is 0 Å². The summed E-state index contributed by atoms with van der Waals surface area (Å²) < 4.78 is 9.93. The van der Waals surface area contributed by atoms with Gasteiger partial charge in [0.2, 0.25) is 0 Å². The topological polar surface area (TPSA) is 38.8 Å². The van der Waals surface area contributed by atoms with Gasteiger partial charge in [0, 0.05) is 13.1 Å². The van der Waals surface area contributed by atoms with Gasteiger partial charge in [-0.3, -0.25) is 4.90 Å². The molecule has 1 atom stereocenters. The summed E-state index contributed by atoms with van der Waals surface area (Å²) in [6, 6.07) is 0. The van der Waals surface area contributed by atoms with E-state index in [1.807, 2.05) is 13.8 Å². The lowest BCUT2D eigenvalue weighted by molar-refractivity contribution is 0.000191. The van der Waals surface area contributed by atoms with Gasteiger partial charge in [0.15, 0.2) is 0 Å². The van der Waals surface area contributed by atoms with Crippen molar-refractivity contribution in [1.82, 2.24) is 4.90 Å². The molecule has 1 heterocycles. The van der Waals surface area contributed by atoms with Crippen molar-refractivity contribution >= 4 is 6.16 Å². The van der Waals surface area contributed by atoms with Gasteiger partial charge in [0.05, 0.1) is 0 Å². The van der Waals surface area contributed by atoms with Crippen LogP contribution in [0.2, 0.25) is 0 Å². The quantitative estimate of drug-likeness (QED) is 0.652.